The van der Waals surface area contributed by atoms with E-state index in [-0.39, 0.29) is 5.91 Å². The fourth-order valence-corrected chi connectivity index (χ4v) is 3.10. The van der Waals surface area contributed by atoms with Crippen molar-refractivity contribution in [1.82, 2.24) is 0 Å². The number of carbonyl (C=O) groups is 1. The number of amides is 1. The molecule has 0 atom stereocenters. The molecule has 3 nitrogen and oxygen atoms in total. The van der Waals surface area contributed by atoms with Crippen molar-refractivity contribution in [3.8, 4) is 5.75 Å². The number of ether oxygens (including phenoxy) is 1. The standard InChI is InChI=1S/C18H20BrNO2/c1-5-13-10-15(19)9-12(3)17(13)20-18(21)14-6-7-16(22-4)11(2)8-14/h6-10H,5H2,1-4H3,(H,20,21). The van der Waals surface area contributed by atoms with Crippen molar-refractivity contribution in [2.75, 3.05) is 12.4 Å². The number of hydrogen-bond donors (Lipinski definition) is 1. The lowest BCUT2D eigenvalue weighted by molar-refractivity contribution is 0.102. The minimum absolute atomic E-state index is 0.106. The first-order valence-electron chi connectivity index (χ1n) is 7.21. The van der Waals surface area contributed by atoms with E-state index in [1.165, 1.54) is 0 Å². The molecule has 0 heterocycles. The Bertz CT molecular complexity index is 710. The van der Waals surface area contributed by atoms with E-state index in [4.69, 9.17) is 4.74 Å². The van der Waals surface area contributed by atoms with Crippen LogP contribution in [0, 0.1) is 13.8 Å². The molecule has 2 rings (SSSR count). The third-order valence-corrected chi connectivity index (χ3v) is 4.12. The molecule has 2 aromatic carbocycles. The summed E-state index contributed by atoms with van der Waals surface area (Å²) in [6.07, 6.45) is 0.859. The van der Waals surface area contributed by atoms with Gasteiger partial charge in [-0.25, -0.2) is 0 Å². The van der Waals surface area contributed by atoms with Gasteiger partial charge in [0.25, 0.3) is 5.91 Å². The predicted octanol–water partition coefficient (Wildman–Crippen LogP) is 4.89. The zero-order chi connectivity index (χ0) is 16.3. The van der Waals surface area contributed by atoms with Gasteiger partial charge >= 0.3 is 0 Å². The van der Waals surface area contributed by atoms with Crippen LogP contribution in [-0.4, -0.2) is 13.0 Å². The summed E-state index contributed by atoms with van der Waals surface area (Å²) in [6, 6.07) is 9.49. The second kappa shape index (κ2) is 6.97. The van der Waals surface area contributed by atoms with Gasteiger partial charge in [-0.1, -0.05) is 22.9 Å². The molecule has 0 unspecified atom stereocenters. The Morgan fingerprint density at radius 3 is 2.50 bits per heavy atom. The normalized spacial score (nSPS) is 10.4. The maximum atomic E-state index is 12.5. The summed E-state index contributed by atoms with van der Waals surface area (Å²) in [4.78, 5) is 12.5. The largest absolute Gasteiger partial charge is 0.496 e. The van der Waals surface area contributed by atoms with E-state index in [1.807, 2.05) is 38.1 Å². The molecule has 0 aliphatic rings. The molecule has 0 aliphatic carbocycles. The number of hydrogen-bond acceptors (Lipinski definition) is 2. The van der Waals surface area contributed by atoms with Crippen LogP contribution in [0.15, 0.2) is 34.8 Å². The molecule has 0 bridgehead atoms. The minimum atomic E-state index is -0.106. The molecule has 4 heteroatoms. The summed E-state index contributed by atoms with van der Waals surface area (Å²) in [5, 5.41) is 3.04. The van der Waals surface area contributed by atoms with Gasteiger partial charge in [0.05, 0.1) is 7.11 Å². The van der Waals surface area contributed by atoms with Gasteiger partial charge in [0, 0.05) is 15.7 Å². The Hall–Kier alpha value is -1.81. The highest BCUT2D eigenvalue weighted by molar-refractivity contribution is 9.10. The number of anilines is 1. The number of nitrogens with one attached hydrogen (secondary N) is 1. The average Bonchev–Trinajstić information content (AvgIpc) is 2.49. The fourth-order valence-electron chi connectivity index (χ4n) is 2.48. The quantitative estimate of drug-likeness (QED) is 0.841. The van der Waals surface area contributed by atoms with Crippen molar-refractivity contribution in [2.24, 2.45) is 0 Å². The molecular formula is C18H20BrNO2. The number of aryl methyl sites for hydroxylation is 3. The highest BCUT2D eigenvalue weighted by Crippen LogP contribution is 2.27. The first-order valence-corrected chi connectivity index (χ1v) is 8.00. The summed E-state index contributed by atoms with van der Waals surface area (Å²) >= 11 is 3.50. The maximum absolute atomic E-state index is 12.5. The molecule has 2 aromatic rings. The van der Waals surface area contributed by atoms with E-state index in [2.05, 4.69) is 28.2 Å². The lowest BCUT2D eigenvalue weighted by atomic mass is 10.0. The SMILES string of the molecule is CCc1cc(Br)cc(C)c1NC(=O)c1ccc(OC)c(C)c1. The Kier molecular flexibility index (Phi) is 5.24. The van der Waals surface area contributed by atoms with E-state index in [1.54, 1.807) is 13.2 Å². The molecule has 0 fully saturated rings. The molecule has 0 spiro atoms. The topological polar surface area (TPSA) is 38.3 Å². The summed E-state index contributed by atoms with van der Waals surface area (Å²) in [6.45, 7) is 6.01. The molecule has 116 valence electrons. The summed E-state index contributed by atoms with van der Waals surface area (Å²) in [7, 11) is 1.63. The van der Waals surface area contributed by atoms with Crippen LogP contribution in [0.25, 0.3) is 0 Å². The van der Waals surface area contributed by atoms with Crippen molar-refractivity contribution in [1.29, 1.82) is 0 Å². The van der Waals surface area contributed by atoms with E-state index < -0.39 is 0 Å². The molecule has 0 saturated heterocycles. The van der Waals surface area contributed by atoms with Gasteiger partial charge in [0.15, 0.2) is 0 Å². The molecule has 1 amide bonds. The summed E-state index contributed by atoms with van der Waals surface area (Å²) in [5.41, 5.74) is 4.63. The van der Waals surface area contributed by atoms with Crippen LogP contribution < -0.4 is 10.1 Å². The Morgan fingerprint density at radius 1 is 1.18 bits per heavy atom. The van der Waals surface area contributed by atoms with Gasteiger partial charge in [-0.3, -0.25) is 4.79 Å². The molecule has 0 saturated carbocycles. The molecule has 0 radical (unpaired) electrons. The predicted molar refractivity (Wildman–Crippen MR) is 93.9 cm³/mol. The Balaban J connectivity index is 2.31. The Labute approximate surface area is 139 Å². The smallest absolute Gasteiger partial charge is 0.255 e. The van der Waals surface area contributed by atoms with Gasteiger partial charge < -0.3 is 10.1 Å². The van der Waals surface area contributed by atoms with Crippen LogP contribution in [0.4, 0.5) is 5.69 Å². The zero-order valence-corrected chi connectivity index (χ0v) is 14.9. The molecule has 22 heavy (non-hydrogen) atoms. The third-order valence-electron chi connectivity index (χ3n) is 3.66. The van der Waals surface area contributed by atoms with Crippen LogP contribution in [0.3, 0.4) is 0 Å². The van der Waals surface area contributed by atoms with Crippen molar-refractivity contribution >= 4 is 27.5 Å². The number of benzene rings is 2. The molecule has 0 aromatic heterocycles. The fraction of sp³-hybridized carbons (Fsp3) is 0.278. The van der Waals surface area contributed by atoms with Gasteiger partial charge in [-0.05, 0) is 67.3 Å². The average molecular weight is 362 g/mol. The van der Waals surface area contributed by atoms with Crippen LogP contribution in [0.1, 0.15) is 34.0 Å². The van der Waals surface area contributed by atoms with Crippen LogP contribution in [0.2, 0.25) is 0 Å². The minimum Gasteiger partial charge on any atom is -0.496 e. The van der Waals surface area contributed by atoms with E-state index >= 15 is 0 Å². The first kappa shape index (κ1) is 16.6. The van der Waals surface area contributed by atoms with Crippen LogP contribution >= 0.6 is 15.9 Å². The van der Waals surface area contributed by atoms with Crippen molar-refractivity contribution in [3.63, 3.8) is 0 Å². The zero-order valence-electron chi connectivity index (χ0n) is 13.3. The van der Waals surface area contributed by atoms with Crippen molar-refractivity contribution in [2.45, 2.75) is 27.2 Å². The number of methoxy groups -OCH3 is 1. The van der Waals surface area contributed by atoms with Crippen LogP contribution in [-0.2, 0) is 6.42 Å². The highest BCUT2D eigenvalue weighted by Gasteiger charge is 2.13. The molecular weight excluding hydrogens is 342 g/mol. The van der Waals surface area contributed by atoms with Gasteiger partial charge in [-0.15, -0.1) is 0 Å². The monoisotopic (exact) mass is 361 g/mol. The van der Waals surface area contributed by atoms with E-state index in [0.29, 0.717) is 5.56 Å². The first-order chi connectivity index (χ1) is 10.5. The lowest BCUT2D eigenvalue weighted by Gasteiger charge is -2.14. The van der Waals surface area contributed by atoms with E-state index in [0.717, 1.165) is 39.0 Å². The van der Waals surface area contributed by atoms with Gasteiger partial charge in [0.2, 0.25) is 0 Å². The third kappa shape index (κ3) is 3.50. The second-order valence-electron chi connectivity index (χ2n) is 5.25. The van der Waals surface area contributed by atoms with Crippen LogP contribution in [0.5, 0.6) is 5.75 Å². The maximum Gasteiger partial charge on any atom is 0.255 e. The summed E-state index contributed by atoms with van der Waals surface area (Å²) < 4.78 is 6.26. The highest BCUT2D eigenvalue weighted by atomic mass is 79.9. The van der Waals surface area contributed by atoms with Crippen molar-refractivity contribution in [3.05, 3.63) is 57.1 Å². The number of halogens is 1. The molecule has 1 N–H and O–H groups in total. The lowest BCUT2D eigenvalue weighted by Crippen LogP contribution is -2.14. The van der Waals surface area contributed by atoms with Gasteiger partial charge in [-0.2, -0.15) is 0 Å². The van der Waals surface area contributed by atoms with Crippen molar-refractivity contribution < 1.29 is 9.53 Å². The van der Waals surface area contributed by atoms with Gasteiger partial charge in [0.1, 0.15) is 5.75 Å². The number of carbonyl (C=O) groups excluding carboxylic acids is 1. The molecule has 0 aliphatic heterocycles. The summed E-state index contributed by atoms with van der Waals surface area (Å²) in [5.74, 6) is 0.677. The second-order valence-corrected chi connectivity index (χ2v) is 6.16. The number of rotatable bonds is 4. The van der Waals surface area contributed by atoms with E-state index in [9.17, 15) is 4.79 Å². The Morgan fingerprint density at radius 2 is 1.91 bits per heavy atom.